The number of ether oxygens (including phenoxy) is 1. The first-order valence-electron chi connectivity index (χ1n) is 9.18. The Labute approximate surface area is 147 Å². The standard InChI is InChI=1S/C17H26N4O4/c1-18-15(23)17-4-7-25-10-12(17)8-20(11-17)14(22)9-19-5-6-21(16(19)24)13-2-3-13/h12-13H,2-11H2,1H3,(H,18,23)/t12-,17+/m1/s1. The van der Waals surface area contributed by atoms with Gasteiger partial charge in [-0.3, -0.25) is 9.59 Å². The summed E-state index contributed by atoms with van der Waals surface area (Å²) in [6.07, 6.45) is 2.80. The van der Waals surface area contributed by atoms with Crippen molar-refractivity contribution in [1.82, 2.24) is 20.0 Å². The number of amides is 4. The normalized spacial score (nSPS) is 32.1. The van der Waals surface area contributed by atoms with Crippen LogP contribution in [0.1, 0.15) is 19.3 Å². The molecule has 4 aliphatic rings. The lowest BCUT2D eigenvalue weighted by Crippen LogP contribution is -2.50. The highest BCUT2D eigenvalue weighted by atomic mass is 16.5. The molecule has 0 aromatic heterocycles. The predicted octanol–water partition coefficient (Wildman–Crippen LogP) is -0.502. The molecule has 25 heavy (non-hydrogen) atoms. The molecule has 138 valence electrons. The molecule has 1 aliphatic carbocycles. The van der Waals surface area contributed by atoms with E-state index in [4.69, 9.17) is 4.74 Å². The minimum Gasteiger partial charge on any atom is -0.381 e. The van der Waals surface area contributed by atoms with Gasteiger partial charge in [0, 0.05) is 51.8 Å². The summed E-state index contributed by atoms with van der Waals surface area (Å²) in [6, 6.07) is 0.368. The second kappa shape index (κ2) is 6.16. The molecule has 1 N–H and O–H groups in total. The summed E-state index contributed by atoms with van der Waals surface area (Å²) < 4.78 is 5.54. The fourth-order valence-electron chi connectivity index (χ4n) is 4.50. The van der Waals surface area contributed by atoms with Gasteiger partial charge in [-0.05, 0) is 19.3 Å². The van der Waals surface area contributed by atoms with Gasteiger partial charge in [-0.25, -0.2) is 4.79 Å². The van der Waals surface area contributed by atoms with Crippen LogP contribution in [0.25, 0.3) is 0 Å². The van der Waals surface area contributed by atoms with Crippen molar-refractivity contribution in [2.45, 2.75) is 25.3 Å². The largest absolute Gasteiger partial charge is 0.381 e. The van der Waals surface area contributed by atoms with Crippen molar-refractivity contribution in [1.29, 1.82) is 0 Å². The Bertz CT molecular complexity index is 593. The van der Waals surface area contributed by atoms with Crippen molar-refractivity contribution in [2.24, 2.45) is 11.3 Å². The van der Waals surface area contributed by atoms with E-state index < -0.39 is 5.41 Å². The monoisotopic (exact) mass is 350 g/mol. The fraction of sp³-hybridized carbons (Fsp3) is 0.824. The van der Waals surface area contributed by atoms with E-state index in [2.05, 4.69) is 5.32 Å². The zero-order chi connectivity index (χ0) is 17.6. The number of fused-ring (bicyclic) bond motifs is 1. The van der Waals surface area contributed by atoms with Crippen LogP contribution in [-0.4, -0.2) is 91.6 Å². The third-order valence-corrected chi connectivity index (χ3v) is 6.18. The van der Waals surface area contributed by atoms with Gasteiger partial charge in [-0.2, -0.15) is 0 Å². The van der Waals surface area contributed by atoms with E-state index in [1.165, 1.54) is 0 Å². The minimum absolute atomic E-state index is 0.00624. The molecule has 0 unspecified atom stereocenters. The molecule has 3 aliphatic heterocycles. The zero-order valence-corrected chi connectivity index (χ0v) is 14.7. The van der Waals surface area contributed by atoms with Crippen LogP contribution in [-0.2, 0) is 14.3 Å². The number of hydrogen-bond donors (Lipinski definition) is 1. The van der Waals surface area contributed by atoms with Crippen LogP contribution in [0, 0.1) is 11.3 Å². The maximum absolute atomic E-state index is 12.8. The maximum atomic E-state index is 12.8. The summed E-state index contributed by atoms with van der Waals surface area (Å²) in [4.78, 5) is 42.9. The zero-order valence-electron chi connectivity index (χ0n) is 14.7. The Morgan fingerprint density at radius 1 is 1.32 bits per heavy atom. The third-order valence-electron chi connectivity index (χ3n) is 6.18. The van der Waals surface area contributed by atoms with Crippen LogP contribution in [0.3, 0.4) is 0 Å². The second-order valence-corrected chi connectivity index (χ2v) is 7.66. The molecular formula is C17H26N4O4. The van der Waals surface area contributed by atoms with Gasteiger partial charge in [0.15, 0.2) is 0 Å². The van der Waals surface area contributed by atoms with E-state index in [0.717, 1.165) is 19.4 Å². The summed E-state index contributed by atoms with van der Waals surface area (Å²) >= 11 is 0. The number of carbonyl (C=O) groups excluding carboxylic acids is 3. The van der Waals surface area contributed by atoms with E-state index in [9.17, 15) is 14.4 Å². The summed E-state index contributed by atoms with van der Waals surface area (Å²) in [5.74, 6) is -0.0423. The first-order valence-corrected chi connectivity index (χ1v) is 9.18. The fourth-order valence-corrected chi connectivity index (χ4v) is 4.50. The number of nitrogens with one attached hydrogen (secondary N) is 1. The maximum Gasteiger partial charge on any atom is 0.320 e. The number of nitrogens with zero attached hydrogens (tertiary/aromatic N) is 3. The molecule has 0 aromatic carbocycles. The van der Waals surface area contributed by atoms with Crippen molar-refractivity contribution in [3.63, 3.8) is 0 Å². The molecule has 3 saturated heterocycles. The van der Waals surface area contributed by atoms with Gasteiger partial charge in [0.1, 0.15) is 6.54 Å². The van der Waals surface area contributed by atoms with E-state index in [1.54, 1.807) is 16.8 Å². The van der Waals surface area contributed by atoms with E-state index in [0.29, 0.717) is 45.3 Å². The van der Waals surface area contributed by atoms with Gasteiger partial charge in [0.2, 0.25) is 11.8 Å². The summed E-state index contributed by atoms with van der Waals surface area (Å²) in [7, 11) is 1.64. The highest BCUT2D eigenvalue weighted by Crippen LogP contribution is 2.42. The molecule has 4 rings (SSSR count). The van der Waals surface area contributed by atoms with Crippen molar-refractivity contribution in [2.75, 3.05) is 53.0 Å². The molecule has 4 fully saturated rings. The molecule has 0 radical (unpaired) electrons. The Morgan fingerprint density at radius 2 is 2.12 bits per heavy atom. The topological polar surface area (TPSA) is 82.2 Å². The van der Waals surface area contributed by atoms with Gasteiger partial charge >= 0.3 is 6.03 Å². The smallest absolute Gasteiger partial charge is 0.320 e. The molecule has 3 heterocycles. The Morgan fingerprint density at radius 3 is 2.84 bits per heavy atom. The molecule has 2 atom stereocenters. The number of likely N-dealkylation sites (tertiary alicyclic amines) is 1. The lowest BCUT2D eigenvalue weighted by Gasteiger charge is -2.36. The average molecular weight is 350 g/mol. The van der Waals surface area contributed by atoms with E-state index in [1.807, 2.05) is 4.90 Å². The van der Waals surface area contributed by atoms with Crippen molar-refractivity contribution in [3.05, 3.63) is 0 Å². The average Bonchev–Trinajstić information content (AvgIpc) is 3.28. The molecule has 0 aromatic rings. The number of urea groups is 1. The minimum atomic E-state index is -0.544. The number of carbonyl (C=O) groups is 3. The van der Waals surface area contributed by atoms with Crippen LogP contribution < -0.4 is 5.32 Å². The Hall–Kier alpha value is -1.83. The predicted molar refractivity (Wildman–Crippen MR) is 88.7 cm³/mol. The lowest BCUT2D eigenvalue weighted by molar-refractivity contribution is -0.139. The van der Waals surface area contributed by atoms with Crippen molar-refractivity contribution >= 4 is 17.8 Å². The first-order chi connectivity index (χ1) is 12.0. The quantitative estimate of drug-likeness (QED) is 0.741. The van der Waals surface area contributed by atoms with E-state index in [-0.39, 0.29) is 30.3 Å². The summed E-state index contributed by atoms with van der Waals surface area (Å²) in [5, 5.41) is 2.76. The van der Waals surface area contributed by atoms with Crippen LogP contribution >= 0.6 is 0 Å². The molecule has 1 saturated carbocycles. The number of rotatable bonds is 4. The molecule has 4 amide bonds. The van der Waals surface area contributed by atoms with E-state index >= 15 is 0 Å². The van der Waals surface area contributed by atoms with Crippen LogP contribution in [0.2, 0.25) is 0 Å². The highest BCUT2D eigenvalue weighted by Gasteiger charge is 2.54. The summed E-state index contributed by atoms with van der Waals surface area (Å²) in [6.45, 7) is 3.45. The van der Waals surface area contributed by atoms with Gasteiger partial charge in [0.25, 0.3) is 0 Å². The Balaban J connectivity index is 1.41. The van der Waals surface area contributed by atoms with Crippen LogP contribution in [0.5, 0.6) is 0 Å². The van der Waals surface area contributed by atoms with Crippen molar-refractivity contribution < 1.29 is 19.1 Å². The second-order valence-electron chi connectivity index (χ2n) is 7.66. The van der Waals surface area contributed by atoms with Crippen molar-refractivity contribution in [3.8, 4) is 0 Å². The molecule has 8 heteroatoms. The molecule has 0 spiro atoms. The van der Waals surface area contributed by atoms with Gasteiger partial charge in [0.05, 0.1) is 12.0 Å². The Kier molecular flexibility index (Phi) is 4.10. The number of hydrogen-bond acceptors (Lipinski definition) is 4. The molecule has 0 bridgehead atoms. The van der Waals surface area contributed by atoms with Crippen LogP contribution in [0.15, 0.2) is 0 Å². The molecular weight excluding hydrogens is 324 g/mol. The highest BCUT2D eigenvalue weighted by molar-refractivity contribution is 5.88. The third kappa shape index (κ3) is 2.76. The molecule has 8 nitrogen and oxygen atoms in total. The van der Waals surface area contributed by atoms with Crippen LogP contribution in [0.4, 0.5) is 4.79 Å². The van der Waals surface area contributed by atoms with Gasteiger partial charge in [-0.15, -0.1) is 0 Å². The lowest BCUT2D eigenvalue weighted by atomic mass is 9.73. The summed E-state index contributed by atoms with van der Waals surface area (Å²) in [5.41, 5.74) is -0.544. The van der Waals surface area contributed by atoms with Gasteiger partial charge < -0.3 is 24.8 Å². The van der Waals surface area contributed by atoms with Gasteiger partial charge in [-0.1, -0.05) is 0 Å². The first kappa shape index (κ1) is 16.6. The SMILES string of the molecule is CNC(=O)[C@]12CCOC[C@H]1CN(C(=O)CN1CCN(C3CC3)C1=O)C2.